The van der Waals surface area contributed by atoms with Gasteiger partial charge in [-0.2, -0.15) is 0 Å². The van der Waals surface area contributed by atoms with Crippen molar-refractivity contribution in [3.05, 3.63) is 47.8 Å². The Balaban J connectivity index is 1.62. The van der Waals surface area contributed by atoms with Crippen LogP contribution in [0.3, 0.4) is 0 Å². The van der Waals surface area contributed by atoms with Crippen molar-refractivity contribution < 1.29 is 0 Å². The van der Waals surface area contributed by atoms with E-state index in [-0.39, 0.29) is 0 Å². The lowest BCUT2D eigenvalue weighted by Crippen LogP contribution is -2.33. The van der Waals surface area contributed by atoms with Crippen molar-refractivity contribution in [2.45, 2.75) is 33.2 Å². The Morgan fingerprint density at radius 2 is 1.86 bits per heavy atom. The summed E-state index contributed by atoms with van der Waals surface area (Å²) in [6, 6.07) is 10.6. The van der Waals surface area contributed by atoms with E-state index in [1.807, 2.05) is 0 Å². The molecule has 0 amide bonds. The van der Waals surface area contributed by atoms with Gasteiger partial charge in [-0.05, 0) is 31.2 Å². The standard InChI is InChI=1S/C18H24N4/c1-14-3-5-16(6-4-14)12-19-17-11-18(21-13-20-17)22-9-7-15(2)8-10-22/h3-6,11,13,15H,7-10,12H2,1-2H3,(H,19,20,21). The Bertz CT molecular complexity index is 601. The van der Waals surface area contributed by atoms with Gasteiger partial charge < -0.3 is 10.2 Å². The Morgan fingerprint density at radius 1 is 1.14 bits per heavy atom. The summed E-state index contributed by atoms with van der Waals surface area (Å²) in [4.78, 5) is 11.1. The van der Waals surface area contributed by atoms with E-state index in [4.69, 9.17) is 0 Å². The fraction of sp³-hybridized carbons (Fsp3) is 0.444. The van der Waals surface area contributed by atoms with Crippen LogP contribution in [0.1, 0.15) is 30.9 Å². The largest absolute Gasteiger partial charge is 0.366 e. The van der Waals surface area contributed by atoms with E-state index in [2.05, 4.69) is 64.4 Å². The molecule has 0 saturated carbocycles. The van der Waals surface area contributed by atoms with Gasteiger partial charge >= 0.3 is 0 Å². The summed E-state index contributed by atoms with van der Waals surface area (Å²) >= 11 is 0. The first-order valence-electron chi connectivity index (χ1n) is 8.07. The number of anilines is 2. The first-order valence-corrected chi connectivity index (χ1v) is 8.07. The highest BCUT2D eigenvalue weighted by Crippen LogP contribution is 2.22. The van der Waals surface area contributed by atoms with Crippen molar-refractivity contribution in [2.75, 3.05) is 23.3 Å². The summed E-state index contributed by atoms with van der Waals surface area (Å²) in [6.45, 7) is 7.40. The van der Waals surface area contributed by atoms with Crippen LogP contribution in [-0.4, -0.2) is 23.1 Å². The number of aromatic nitrogens is 2. The second kappa shape index (κ2) is 6.77. The van der Waals surface area contributed by atoms with Crippen LogP contribution in [-0.2, 0) is 6.54 Å². The molecule has 1 N–H and O–H groups in total. The summed E-state index contributed by atoms with van der Waals surface area (Å²) < 4.78 is 0. The molecule has 1 aliphatic heterocycles. The summed E-state index contributed by atoms with van der Waals surface area (Å²) in [6.07, 6.45) is 4.15. The molecule has 1 aromatic heterocycles. The van der Waals surface area contributed by atoms with Gasteiger partial charge in [0.1, 0.15) is 18.0 Å². The molecule has 22 heavy (non-hydrogen) atoms. The van der Waals surface area contributed by atoms with Crippen LogP contribution in [0.2, 0.25) is 0 Å². The smallest absolute Gasteiger partial charge is 0.134 e. The number of hydrogen-bond acceptors (Lipinski definition) is 4. The molecule has 0 unspecified atom stereocenters. The average molecular weight is 296 g/mol. The third kappa shape index (κ3) is 3.75. The van der Waals surface area contributed by atoms with Gasteiger partial charge in [-0.25, -0.2) is 9.97 Å². The van der Waals surface area contributed by atoms with E-state index in [9.17, 15) is 0 Å². The lowest BCUT2D eigenvalue weighted by molar-refractivity contribution is 0.436. The highest BCUT2D eigenvalue weighted by atomic mass is 15.2. The molecule has 0 bridgehead atoms. The van der Waals surface area contributed by atoms with Gasteiger partial charge in [0, 0.05) is 25.7 Å². The zero-order valence-corrected chi connectivity index (χ0v) is 13.4. The molecule has 1 saturated heterocycles. The minimum absolute atomic E-state index is 0.785. The van der Waals surface area contributed by atoms with E-state index >= 15 is 0 Å². The fourth-order valence-corrected chi connectivity index (χ4v) is 2.75. The Hall–Kier alpha value is -2.10. The van der Waals surface area contributed by atoms with E-state index < -0.39 is 0 Å². The Labute approximate surface area is 132 Å². The van der Waals surface area contributed by atoms with Gasteiger partial charge in [0.2, 0.25) is 0 Å². The first kappa shape index (κ1) is 14.8. The number of hydrogen-bond donors (Lipinski definition) is 1. The van der Waals surface area contributed by atoms with Gasteiger partial charge in [0.05, 0.1) is 0 Å². The van der Waals surface area contributed by atoms with Crippen molar-refractivity contribution in [1.29, 1.82) is 0 Å². The zero-order valence-electron chi connectivity index (χ0n) is 13.4. The van der Waals surface area contributed by atoms with Crippen molar-refractivity contribution in [2.24, 2.45) is 5.92 Å². The highest BCUT2D eigenvalue weighted by Gasteiger charge is 2.17. The molecule has 0 aliphatic carbocycles. The van der Waals surface area contributed by atoms with E-state index in [1.54, 1.807) is 6.33 Å². The monoisotopic (exact) mass is 296 g/mol. The summed E-state index contributed by atoms with van der Waals surface area (Å²) in [5, 5.41) is 3.39. The molecule has 2 heterocycles. The lowest BCUT2D eigenvalue weighted by Gasteiger charge is -2.31. The lowest BCUT2D eigenvalue weighted by atomic mass is 9.99. The van der Waals surface area contributed by atoms with Crippen molar-refractivity contribution in [3.8, 4) is 0 Å². The van der Waals surface area contributed by atoms with Crippen LogP contribution in [0.15, 0.2) is 36.7 Å². The maximum Gasteiger partial charge on any atom is 0.134 e. The fourth-order valence-electron chi connectivity index (χ4n) is 2.75. The van der Waals surface area contributed by atoms with Crippen LogP contribution in [0.25, 0.3) is 0 Å². The van der Waals surface area contributed by atoms with E-state index in [1.165, 1.54) is 24.0 Å². The first-order chi connectivity index (χ1) is 10.7. The number of aryl methyl sites for hydroxylation is 1. The Morgan fingerprint density at radius 3 is 2.59 bits per heavy atom. The number of piperidine rings is 1. The topological polar surface area (TPSA) is 41.0 Å². The normalized spacial score (nSPS) is 15.8. The highest BCUT2D eigenvalue weighted by molar-refractivity contribution is 5.49. The van der Waals surface area contributed by atoms with Crippen LogP contribution in [0.5, 0.6) is 0 Å². The Kier molecular flexibility index (Phi) is 4.56. The van der Waals surface area contributed by atoms with E-state index in [0.717, 1.165) is 37.2 Å². The number of benzene rings is 1. The van der Waals surface area contributed by atoms with Crippen LogP contribution >= 0.6 is 0 Å². The molecule has 3 rings (SSSR count). The molecule has 4 nitrogen and oxygen atoms in total. The average Bonchev–Trinajstić information content (AvgIpc) is 2.55. The molecule has 0 atom stereocenters. The molecule has 4 heteroatoms. The van der Waals surface area contributed by atoms with Crippen molar-refractivity contribution in [1.82, 2.24) is 9.97 Å². The third-order valence-electron chi connectivity index (χ3n) is 4.35. The minimum atomic E-state index is 0.785. The quantitative estimate of drug-likeness (QED) is 0.935. The number of nitrogens with zero attached hydrogens (tertiary/aromatic N) is 3. The molecular formula is C18H24N4. The van der Waals surface area contributed by atoms with Crippen molar-refractivity contribution in [3.63, 3.8) is 0 Å². The second-order valence-electron chi connectivity index (χ2n) is 6.27. The molecule has 1 fully saturated rings. The molecule has 1 aliphatic rings. The van der Waals surface area contributed by atoms with Crippen LogP contribution in [0, 0.1) is 12.8 Å². The SMILES string of the molecule is Cc1ccc(CNc2cc(N3CCC(C)CC3)ncn2)cc1. The van der Waals surface area contributed by atoms with Crippen LogP contribution < -0.4 is 10.2 Å². The molecular weight excluding hydrogens is 272 g/mol. The van der Waals surface area contributed by atoms with Crippen molar-refractivity contribution >= 4 is 11.6 Å². The summed E-state index contributed by atoms with van der Waals surface area (Å²) in [5.41, 5.74) is 2.55. The summed E-state index contributed by atoms with van der Waals surface area (Å²) in [5.74, 6) is 2.76. The minimum Gasteiger partial charge on any atom is -0.366 e. The number of rotatable bonds is 4. The zero-order chi connectivity index (χ0) is 15.4. The van der Waals surface area contributed by atoms with Crippen LogP contribution in [0.4, 0.5) is 11.6 Å². The molecule has 1 aromatic carbocycles. The molecule has 0 spiro atoms. The van der Waals surface area contributed by atoms with E-state index in [0.29, 0.717) is 0 Å². The maximum absolute atomic E-state index is 4.43. The molecule has 116 valence electrons. The van der Waals surface area contributed by atoms with Gasteiger partial charge in [-0.1, -0.05) is 36.8 Å². The second-order valence-corrected chi connectivity index (χ2v) is 6.27. The van der Waals surface area contributed by atoms with Gasteiger partial charge in [-0.15, -0.1) is 0 Å². The summed E-state index contributed by atoms with van der Waals surface area (Å²) in [7, 11) is 0. The third-order valence-corrected chi connectivity index (χ3v) is 4.35. The molecule has 0 radical (unpaired) electrons. The predicted octanol–water partition coefficient (Wildman–Crippen LogP) is 3.63. The predicted molar refractivity (Wildman–Crippen MR) is 91.1 cm³/mol. The van der Waals surface area contributed by atoms with Gasteiger partial charge in [0.15, 0.2) is 0 Å². The number of nitrogens with one attached hydrogen (secondary N) is 1. The maximum atomic E-state index is 4.43. The van der Waals surface area contributed by atoms with Gasteiger partial charge in [-0.3, -0.25) is 0 Å². The van der Waals surface area contributed by atoms with Gasteiger partial charge in [0.25, 0.3) is 0 Å². The molecule has 2 aromatic rings.